The van der Waals surface area contributed by atoms with Gasteiger partial charge in [-0.25, -0.2) is 4.39 Å². The quantitative estimate of drug-likeness (QED) is 0.518. The molecule has 5 heteroatoms. The van der Waals surface area contributed by atoms with Gasteiger partial charge in [0.25, 0.3) is 0 Å². The van der Waals surface area contributed by atoms with E-state index in [1.54, 1.807) is 0 Å². The third kappa shape index (κ3) is 2.08. The molecule has 1 rings (SSSR count). The lowest BCUT2D eigenvalue weighted by molar-refractivity contribution is 0.102. The Bertz CT molecular complexity index is 354. The van der Waals surface area contributed by atoms with Crippen LogP contribution in [0.2, 0.25) is 0 Å². The van der Waals surface area contributed by atoms with E-state index in [1.165, 1.54) is 12.1 Å². The zero-order chi connectivity index (χ0) is 10.0. The van der Waals surface area contributed by atoms with Crippen LogP contribution in [-0.4, -0.2) is 11.1 Å². The van der Waals surface area contributed by atoms with Crippen LogP contribution in [0.5, 0.6) is 0 Å². The number of hydrogen-bond acceptors (Lipinski definition) is 2. The summed E-state index contributed by atoms with van der Waals surface area (Å²) < 4.78 is 13.1. The Morgan fingerprint density at radius 2 is 2.15 bits per heavy atom. The summed E-state index contributed by atoms with van der Waals surface area (Å²) in [6.45, 7) is 0. The Hall–Kier alpha value is -0.420. The number of rotatable bonds is 2. The van der Waals surface area contributed by atoms with E-state index in [9.17, 15) is 9.18 Å². The molecule has 2 N–H and O–H groups in total. The molecule has 0 fully saturated rings. The highest BCUT2D eigenvalue weighted by Gasteiger charge is 2.15. The van der Waals surface area contributed by atoms with Crippen molar-refractivity contribution in [2.45, 2.75) is 0 Å². The normalized spacial score (nSPS) is 10.1. The second kappa shape index (κ2) is 4.19. The number of ketones is 1. The van der Waals surface area contributed by atoms with E-state index in [-0.39, 0.29) is 26.8 Å². The third-order valence-corrected chi connectivity index (χ3v) is 2.81. The molecular weight excluding hydrogens is 305 g/mol. The molecule has 1 aromatic carbocycles. The molecule has 0 spiro atoms. The molecule has 0 aromatic heterocycles. The monoisotopic (exact) mass is 309 g/mol. The van der Waals surface area contributed by atoms with Gasteiger partial charge in [-0.1, -0.05) is 15.9 Å². The van der Waals surface area contributed by atoms with Gasteiger partial charge >= 0.3 is 0 Å². The maximum atomic E-state index is 13.0. The molecular formula is C8H6Br2FNO. The van der Waals surface area contributed by atoms with Gasteiger partial charge in [0.2, 0.25) is 0 Å². The van der Waals surface area contributed by atoms with E-state index in [1.807, 2.05) is 0 Å². The summed E-state index contributed by atoms with van der Waals surface area (Å²) in [6.07, 6.45) is 0. The molecule has 0 bridgehead atoms. The van der Waals surface area contributed by atoms with Crippen molar-refractivity contribution < 1.29 is 9.18 Å². The minimum atomic E-state index is -0.487. The van der Waals surface area contributed by atoms with Gasteiger partial charge in [0.15, 0.2) is 5.78 Å². The number of Topliss-reactive ketones (excluding diaryl/α,β-unsaturated/α-hetero) is 1. The van der Waals surface area contributed by atoms with Crippen LogP contribution in [0.15, 0.2) is 16.6 Å². The molecule has 0 aliphatic carbocycles. The van der Waals surface area contributed by atoms with Crippen molar-refractivity contribution in [2.75, 3.05) is 11.1 Å². The smallest absolute Gasteiger partial charge is 0.176 e. The Labute approximate surface area is 91.6 Å². The lowest BCUT2D eigenvalue weighted by Gasteiger charge is -2.05. The number of alkyl halides is 1. The van der Waals surface area contributed by atoms with Crippen molar-refractivity contribution in [3.8, 4) is 0 Å². The van der Waals surface area contributed by atoms with Crippen molar-refractivity contribution in [1.29, 1.82) is 0 Å². The van der Waals surface area contributed by atoms with Crippen LogP contribution in [0.4, 0.5) is 10.1 Å². The maximum absolute atomic E-state index is 13.0. The molecule has 70 valence electrons. The van der Waals surface area contributed by atoms with E-state index < -0.39 is 5.82 Å². The van der Waals surface area contributed by atoms with Crippen LogP contribution >= 0.6 is 31.9 Å². The number of nitrogen functional groups attached to an aromatic ring is 1. The molecule has 0 amide bonds. The number of carbonyl (C=O) groups excluding carboxylic acids is 1. The molecule has 0 saturated carbocycles. The number of benzene rings is 1. The van der Waals surface area contributed by atoms with Crippen LogP contribution in [0.3, 0.4) is 0 Å². The largest absolute Gasteiger partial charge is 0.398 e. The summed E-state index contributed by atoms with van der Waals surface area (Å²) in [6, 6.07) is 2.58. The minimum Gasteiger partial charge on any atom is -0.398 e. The van der Waals surface area contributed by atoms with Crippen LogP contribution in [-0.2, 0) is 0 Å². The summed E-state index contributed by atoms with van der Waals surface area (Å²) in [4.78, 5) is 11.3. The predicted octanol–water partition coefficient (Wildman–Crippen LogP) is 2.75. The van der Waals surface area contributed by atoms with Gasteiger partial charge in [-0.05, 0) is 28.1 Å². The van der Waals surface area contributed by atoms with Crippen molar-refractivity contribution >= 4 is 43.3 Å². The van der Waals surface area contributed by atoms with Gasteiger partial charge in [-0.3, -0.25) is 4.79 Å². The van der Waals surface area contributed by atoms with Crippen molar-refractivity contribution in [1.82, 2.24) is 0 Å². The van der Waals surface area contributed by atoms with Gasteiger partial charge in [-0.15, -0.1) is 0 Å². The van der Waals surface area contributed by atoms with Gasteiger partial charge < -0.3 is 5.73 Å². The molecule has 0 unspecified atom stereocenters. The molecule has 0 heterocycles. The van der Waals surface area contributed by atoms with Gasteiger partial charge in [0.1, 0.15) is 5.82 Å². The Balaban J connectivity index is 3.33. The first-order chi connectivity index (χ1) is 6.07. The first kappa shape index (κ1) is 10.7. The molecule has 1 aromatic rings. The first-order valence-electron chi connectivity index (χ1n) is 3.40. The molecule has 0 aliphatic heterocycles. The SMILES string of the molecule is Nc1ccc(F)c(Br)c1C(=O)CBr. The van der Waals surface area contributed by atoms with Gasteiger partial charge in [-0.2, -0.15) is 0 Å². The summed E-state index contributed by atoms with van der Waals surface area (Å²) in [5.74, 6) is -0.734. The lowest BCUT2D eigenvalue weighted by atomic mass is 10.1. The second-order valence-electron chi connectivity index (χ2n) is 2.38. The standard InChI is InChI=1S/C8H6Br2FNO/c9-3-6(13)7-5(12)2-1-4(11)8(7)10/h1-2H,3,12H2. The van der Waals surface area contributed by atoms with Crippen LogP contribution in [0, 0.1) is 5.82 Å². The highest BCUT2D eigenvalue weighted by molar-refractivity contribution is 9.10. The number of hydrogen-bond donors (Lipinski definition) is 1. The van der Waals surface area contributed by atoms with Crippen LogP contribution < -0.4 is 5.73 Å². The number of carbonyl (C=O) groups is 1. The van der Waals surface area contributed by atoms with Gasteiger partial charge in [0, 0.05) is 5.69 Å². The zero-order valence-corrected chi connectivity index (χ0v) is 9.65. The summed E-state index contributed by atoms with van der Waals surface area (Å²) in [5.41, 5.74) is 6.00. The minimum absolute atomic E-state index is 0.122. The molecule has 13 heavy (non-hydrogen) atoms. The van der Waals surface area contributed by atoms with Crippen LogP contribution in [0.1, 0.15) is 10.4 Å². The first-order valence-corrected chi connectivity index (χ1v) is 5.32. The van der Waals surface area contributed by atoms with Crippen molar-refractivity contribution in [2.24, 2.45) is 0 Å². The molecule has 2 nitrogen and oxygen atoms in total. The fraction of sp³-hybridized carbons (Fsp3) is 0.125. The van der Waals surface area contributed by atoms with E-state index in [0.29, 0.717) is 0 Å². The molecule has 0 saturated heterocycles. The third-order valence-electron chi connectivity index (χ3n) is 1.53. The average molecular weight is 311 g/mol. The summed E-state index contributed by atoms with van der Waals surface area (Å²) >= 11 is 5.97. The predicted molar refractivity (Wildman–Crippen MR) is 56.6 cm³/mol. The number of nitrogens with two attached hydrogens (primary N) is 1. The maximum Gasteiger partial charge on any atom is 0.176 e. The van der Waals surface area contributed by atoms with Gasteiger partial charge in [0.05, 0.1) is 15.4 Å². The van der Waals surface area contributed by atoms with E-state index >= 15 is 0 Å². The van der Waals surface area contributed by atoms with Crippen molar-refractivity contribution in [3.05, 3.63) is 28.0 Å². The summed E-state index contributed by atoms with van der Waals surface area (Å²) in [5, 5.41) is 0.124. The second-order valence-corrected chi connectivity index (χ2v) is 3.74. The topological polar surface area (TPSA) is 43.1 Å². The Morgan fingerprint density at radius 1 is 1.54 bits per heavy atom. The average Bonchev–Trinajstić information content (AvgIpc) is 2.12. The van der Waals surface area contributed by atoms with Crippen molar-refractivity contribution in [3.63, 3.8) is 0 Å². The van der Waals surface area contributed by atoms with Crippen LogP contribution in [0.25, 0.3) is 0 Å². The van der Waals surface area contributed by atoms with E-state index in [2.05, 4.69) is 31.9 Å². The molecule has 0 aliphatic rings. The fourth-order valence-corrected chi connectivity index (χ4v) is 1.78. The Kier molecular flexibility index (Phi) is 3.44. The van der Waals surface area contributed by atoms with E-state index in [4.69, 9.17) is 5.73 Å². The molecule has 0 atom stereocenters. The number of anilines is 1. The zero-order valence-electron chi connectivity index (χ0n) is 6.48. The van der Waals surface area contributed by atoms with E-state index in [0.717, 1.165) is 0 Å². The lowest BCUT2D eigenvalue weighted by Crippen LogP contribution is -2.06. The highest BCUT2D eigenvalue weighted by Crippen LogP contribution is 2.26. The highest BCUT2D eigenvalue weighted by atomic mass is 79.9. The number of halogens is 3. The fourth-order valence-electron chi connectivity index (χ4n) is 0.916. The molecule has 0 radical (unpaired) electrons. The summed E-state index contributed by atoms with van der Waals surface area (Å²) in [7, 11) is 0. The Morgan fingerprint density at radius 3 is 2.69 bits per heavy atom.